The van der Waals surface area contributed by atoms with E-state index in [2.05, 4.69) is 51.6 Å². The third kappa shape index (κ3) is 43.5. The standard InChI is InChI=1S/C54H108N2O4/c1-7-11-15-29-39-51(40-30-16-12-8-2)49-53(57)59-47-37-27-23-19-21-25-33-44-56(46-36-35-43-55(5)6)45-34-26-22-20-24-28-38-48-60-54(58)50-52(41-31-17-13-9-3)42-32-18-14-10-4/h51-52H,7-50H2,1-6H3. The first-order valence-corrected chi connectivity index (χ1v) is 27.0. The summed E-state index contributed by atoms with van der Waals surface area (Å²) in [7, 11) is 4.36. The number of unbranched alkanes of at least 4 members (excludes halogenated alkanes) is 25. The maximum Gasteiger partial charge on any atom is 0.306 e. The van der Waals surface area contributed by atoms with Gasteiger partial charge in [-0.25, -0.2) is 0 Å². The number of ether oxygens (including phenoxy) is 2. The molecule has 0 aromatic carbocycles. The van der Waals surface area contributed by atoms with Gasteiger partial charge in [0.1, 0.15) is 0 Å². The second-order valence-electron chi connectivity index (χ2n) is 19.3. The van der Waals surface area contributed by atoms with E-state index in [1.807, 2.05) is 0 Å². The van der Waals surface area contributed by atoms with Gasteiger partial charge in [-0.15, -0.1) is 0 Å². The Hall–Kier alpha value is -1.14. The lowest BCUT2D eigenvalue weighted by Gasteiger charge is -2.23. The van der Waals surface area contributed by atoms with Gasteiger partial charge >= 0.3 is 11.9 Å². The van der Waals surface area contributed by atoms with Gasteiger partial charge in [-0.1, -0.05) is 195 Å². The van der Waals surface area contributed by atoms with Crippen LogP contribution in [-0.4, -0.2) is 75.2 Å². The van der Waals surface area contributed by atoms with Gasteiger partial charge in [-0.05, 0) is 116 Å². The van der Waals surface area contributed by atoms with E-state index in [1.54, 1.807) is 0 Å². The Kier molecular flexibility index (Phi) is 46.4. The Morgan fingerprint density at radius 2 is 0.617 bits per heavy atom. The van der Waals surface area contributed by atoms with Crippen LogP contribution in [0.3, 0.4) is 0 Å². The van der Waals surface area contributed by atoms with Crippen molar-refractivity contribution < 1.29 is 19.1 Å². The van der Waals surface area contributed by atoms with Gasteiger partial charge in [0.2, 0.25) is 0 Å². The molecule has 0 unspecified atom stereocenters. The van der Waals surface area contributed by atoms with Gasteiger partial charge in [-0.2, -0.15) is 0 Å². The van der Waals surface area contributed by atoms with E-state index in [4.69, 9.17) is 9.47 Å². The third-order valence-corrected chi connectivity index (χ3v) is 12.9. The van der Waals surface area contributed by atoms with Crippen molar-refractivity contribution in [3.63, 3.8) is 0 Å². The van der Waals surface area contributed by atoms with E-state index in [0.29, 0.717) is 37.9 Å². The summed E-state index contributed by atoms with van der Waals surface area (Å²) in [4.78, 5) is 30.3. The zero-order valence-electron chi connectivity index (χ0n) is 41.8. The minimum absolute atomic E-state index is 0.0448. The van der Waals surface area contributed by atoms with Crippen LogP contribution in [0.5, 0.6) is 0 Å². The molecular weight excluding hydrogens is 741 g/mol. The number of carbonyl (C=O) groups is 2. The topological polar surface area (TPSA) is 59.1 Å². The van der Waals surface area contributed by atoms with Gasteiger partial charge in [0.25, 0.3) is 0 Å². The van der Waals surface area contributed by atoms with Crippen molar-refractivity contribution >= 4 is 11.9 Å². The van der Waals surface area contributed by atoms with Crippen LogP contribution in [0.15, 0.2) is 0 Å². The second kappa shape index (κ2) is 47.3. The van der Waals surface area contributed by atoms with Crippen molar-refractivity contribution in [2.45, 2.75) is 272 Å². The quantitative estimate of drug-likeness (QED) is 0.0449. The molecule has 0 atom stereocenters. The molecule has 0 N–H and O–H groups in total. The minimum atomic E-state index is 0.0448. The molecule has 0 aromatic rings. The predicted molar refractivity (Wildman–Crippen MR) is 262 cm³/mol. The maximum atomic E-state index is 12.6. The van der Waals surface area contributed by atoms with Crippen molar-refractivity contribution in [1.82, 2.24) is 9.80 Å². The SMILES string of the molecule is CCCCCCC(CCCCCC)CC(=O)OCCCCCCCCCN(CCCCCCCCCOC(=O)CC(CCCCCC)CCCCCC)CCCCN(C)C. The zero-order chi connectivity index (χ0) is 44.0. The molecule has 0 bridgehead atoms. The van der Waals surface area contributed by atoms with Crippen LogP contribution in [0.1, 0.15) is 272 Å². The molecule has 0 rings (SSSR count). The molecular formula is C54H108N2O4. The average Bonchev–Trinajstić information content (AvgIpc) is 3.23. The molecule has 0 fully saturated rings. The van der Waals surface area contributed by atoms with E-state index in [9.17, 15) is 9.59 Å². The van der Waals surface area contributed by atoms with E-state index < -0.39 is 0 Å². The van der Waals surface area contributed by atoms with Crippen molar-refractivity contribution in [3.05, 3.63) is 0 Å². The number of hydrogen-bond acceptors (Lipinski definition) is 6. The Labute approximate surface area is 376 Å². The van der Waals surface area contributed by atoms with Crippen LogP contribution in [-0.2, 0) is 19.1 Å². The first-order valence-electron chi connectivity index (χ1n) is 27.0. The number of hydrogen-bond donors (Lipinski definition) is 0. The lowest BCUT2D eigenvalue weighted by molar-refractivity contribution is -0.146. The van der Waals surface area contributed by atoms with Crippen LogP contribution in [0.2, 0.25) is 0 Å². The molecule has 0 aliphatic carbocycles. The molecule has 0 radical (unpaired) electrons. The molecule has 0 aliphatic heterocycles. The van der Waals surface area contributed by atoms with Gasteiger partial charge in [0.05, 0.1) is 13.2 Å². The summed E-state index contributed by atoms with van der Waals surface area (Å²) in [6.45, 7) is 15.2. The minimum Gasteiger partial charge on any atom is -0.466 e. The van der Waals surface area contributed by atoms with Gasteiger partial charge < -0.3 is 19.3 Å². The van der Waals surface area contributed by atoms with Crippen LogP contribution >= 0.6 is 0 Å². The lowest BCUT2D eigenvalue weighted by atomic mass is 9.92. The molecule has 60 heavy (non-hydrogen) atoms. The Balaban J connectivity index is 4.16. The fourth-order valence-electron chi connectivity index (χ4n) is 8.84. The van der Waals surface area contributed by atoms with Crippen LogP contribution in [0.25, 0.3) is 0 Å². The highest BCUT2D eigenvalue weighted by molar-refractivity contribution is 5.70. The smallest absolute Gasteiger partial charge is 0.306 e. The molecule has 6 heteroatoms. The summed E-state index contributed by atoms with van der Waals surface area (Å²) in [6, 6.07) is 0. The molecule has 6 nitrogen and oxygen atoms in total. The van der Waals surface area contributed by atoms with Crippen LogP contribution < -0.4 is 0 Å². The molecule has 0 heterocycles. The van der Waals surface area contributed by atoms with Crippen molar-refractivity contribution in [2.75, 3.05) is 53.5 Å². The average molecular weight is 849 g/mol. The number of rotatable bonds is 49. The lowest BCUT2D eigenvalue weighted by Crippen LogP contribution is -2.28. The Bertz CT molecular complexity index is 796. The molecule has 0 amide bonds. The maximum absolute atomic E-state index is 12.6. The Morgan fingerprint density at radius 3 is 0.933 bits per heavy atom. The molecule has 0 spiro atoms. The van der Waals surface area contributed by atoms with Crippen LogP contribution in [0, 0.1) is 11.8 Å². The van der Waals surface area contributed by atoms with Crippen LogP contribution in [0.4, 0.5) is 0 Å². The fourth-order valence-corrected chi connectivity index (χ4v) is 8.84. The van der Waals surface area contributed by atoms with Crippen molar-refractivity contribution in [2.24, 2.45) is 11.8 Å². The number of nitrogens with zero attached hydrogens (tertiary/aromatic N) is 2. The van der Waals surface area contributed by atoms with Gasteiger partial charge in [0.15, 0.2) is 0 Å². The summed E-state index contributed by atoms with van der Waals surface area (Å²) in [5.41, 5.74) is 0. The van der Waals surface area contributed by atoms with Gasteiger partial charge in [0, 0.05) is 12.8 Å². The van der Waals surface area contributed by atoms with E-state index in [0.717, 1.165) is 12.8 Å². The predicted octanol–water partition coefficient (Wildman–Crippen LogP) is 16.1. The normalized spacial score (nSPS) is 11.8. The largest absolute Gasteiger partial charge is 0.466 e. The van der Waals surface area contributed by atoms with Crippen molar-refractivity contribution in [3.8, 4) is 0 Å². The number of esters is 2. The highest BCUT2D eigenvalue weighted by Gasteiger charge is 2.16. The Morgan fingerprint density at radius 1 is 0.350 bits per heavy atom. The number of carbonyl (C=O) groups excluding carboxylic acids is 2. The second-order valence-corrected chi connectivity index (χ2v) is 19.3. The fraction of sp³-hybridized carbons (Fsp3) is 0.963. The van der Waals surface area contributed by atoms with E-state index >= 15 is 0 Å². The molecule has 0 saturated heterocycles. The molecule has 358 valence electrons. The highest BCUT2D eigenvalue weighted by atomic mass is 16.5. The summed E-state index contributed by atoms with van der Waals surface area (Å²) in [5, 5.41) is 0. The monoisotopic (exact) mass is 849 g/mol. The molecule has 0 aliphatic rings. The summed E-state index contributed by atoms with van der Waals surface area (Å²) < 4.78 is 11.4. The van der Waals surface area contributed by atoms with Gasteiger partial charge in [-0.3, -0.25) is 9.59 Å². The third-order valence-electron chi connectivity index (χ3n) is 12.9. The van der Waals surface area contributed by atoms with E-state index in [1.165, 1.54) is 244 Å². The van der Waals surface area contributed by atoms with E-state index in [-0.39, 0.29) is 11.9 Å². The zero-order valence-corrected chi connectivity index (χ0v) is 41.8. The summed E-state index contributed by atoms with van der Waals surface area (Å²) >= 11 is 0. The molecule has 0 aromatic heterocycles. The summed E-state index contributed by atoms with van der Waals surface area (Å²) in [5.74, 6) is 1.13. The highest BCUT2D eigenvalue weighted by Crippen LogP contribution is 2.24. The van der Waals surface area contributed by atoms with Crippen molar-refractivity contribution in [1.29, 1.82) is 0 Å². The first kappa shape index (κ1) is 58.9. The molecule has 0 saturated carbocycles. The summed E-state index contributed by atoms with van der Waals surface area (Å²) in [6.07, 6.45) is 46.6. The first-order chi connectivity index (χ1) is 29.4.